The van der Waals surface area contributed by atoms with Crippen LogP contribution in [0.4, 0.5) is 0 Å². The molecule has 1 aromatic heterocycles. The molecule has 1 heterocycles. The van der Waals surface area contributed by atoms with Crippen LogP contribution in [0.25, 0.3) is 10.9 Å². The summed E-state index contributed by atoms with van der Waals surface area (Å²) < 4.78 is 5.30. The van der Waals surface area contributed by atoms with E-state index in [9.17, 15) is 4.79 Å². The minimum absolute atomic E-state index is 0.224. The Bertz CT molecular complexity index is 573. The molecule has 0 aliphatic carbocycles. The van der Waals surface area contributed by atoms with Gasteiger partial charge >= 0.3 is 5.97 Å². The number of para-hydroxylation sites is 1. The van der Waals surface area contributed by atoms with Gasteiger partial charge in [0.1, 0.15) is 6.61 Å². The van der Waals surface area contributed by atoms with Crippen LogP contribution in [0.5, 0.6) is 0 Å². The zero-order valence-electron chi connectivity index (χ0n) is 11.6. The molecule has 2 rings (SSSR count). The van der Waals surface area contributed by atoms with Gasteiger partial charge in [0, 0.05) is 28.2 Å². The minimum atomic E-state index is -0.224. The van der Waals surface area contributed by atoms with Crippen molar-refractivity contribution in [2.75, 3.05) is 6.54 Å². The number of carbonyl (C=O) groups is 1. The lowest BCUT2D eigenvalue weighted by Crippen LogP contribution is -2.30. The molecule has 4 heteroatoms. The van der Waals surface area contributed by atoms with Crippen molar-refractivity contribution in [3.63, 3.8) is 0 Å². The van der Waals surface area contributed by atoms with E-state index in [0.717, 1.165) is 22.2 Å². The molecule has 0 atom stereocenters. The first-order chi connectivity index (χ1) is 9.08. The fourth-order valence-electron chi connectivity index (χ4n) is 2.01. The van der Waals surface area contributed by atoms with E-state index >= 15 is 0 Å². The van der Waals surface area contributed by atoms with E-state index < -0.39 is 0 Å². The number of fused-ring (bicyclic) bond motifs is 1. The second-order valence-electron chi connectivity index (χ2n) is 4.97. The highest BCUT2D eigenvalue weighted by atomic mass is 16.5. The number of aromatic amines is 1. The average molecular weight is 260 g/mol. The highest BCUT2D eigenvalue weighted by molar-refractivity contribution is 5.84. The molecule has 0 bridgehead atoms. The molecule has 4 nitrogen and oxygen atoms in total. The zero-order chi connectivity index (χ0) is 13.8. The molecular weight excluding hydrogens is 240 g/mol. The van der Waals surface area contributed by atoms with Crippen LogP contribution < -0.4 is 5.32 Å². The number of nitrogens with one attached hydrogen (secondary N) is 2. The number of benzene rings is 1. The van der Waals surface area contributed by atoms with E-state index in [2.05, 4.69) is 10.3 Å². The molecule has 1 aromatic carbocycles. The zero-order valence-corrected chi connectivity index (χ0v) is 11.6. The second-order valence-corrected chi connectivity index (χ2v) is 4.97. The standard InChI is InChI=1S/C15H20N2O2/c1-10(2)16-8-15(18)19-9-13-11(3)17-14-7-5-4-6-12(13)14/h4-7,10,16-17H,8-9H2,1-3H3. The second kappa shape index (κ2) is 5.89. The maximum Gasteiger partial charge on any atom is 0.320 e. The van der Waals surface area contributed by atoms with E-state index in [1.165, 1.54) is 0 Å². The van der Waals surface area contributed by atoms with Crippen LogP contribution in [0.15, 0.2) is 24.3 Å². The fraction of sp³-hybridized carbons (Fsp3) is 0.400. The largest absolute Gasteiger partial charge is 0.460 e. The molecule has 0 fully saturated rings. The Labute approximate surface area is 113 Å². The summed E-state index contributed by atoms with van der Waals surface area (Å²) in [7, 11) is 0. The molecule has 0 spiro atoms. The summed E-state index contributed by atoms with van der Waals surface area (Å²) in [5.74, 6) is -0.224. The van der Waals surface area contributed by atoms with Gasteiger partial charge < -0.3 is 15.0 Å². The number of ether oxygens (including phenoxy) is 1. The van der Waals surface area contributed by atoms with Gasteiger partial charge in [0.05, 0.1) is 6.54 Å². The molecule has 19 heavy (non-hydrogen) atoms. The van der Waals surface area contributed by atoms with Gasteiger partial charge in [-0.05, 0) is 13.0 Å². The molecule has 2 N–H and O–H groups in total. The van der Waals surface area contributed by atoms with Crippen LogP contribution >= 0.6 is 0 Å². The molecule has 0 aliphatic heterocycles. The van der Waals surface area contributed by atoms with Gasteiger partial charge in [-0.2, -0.15) is 0 Å². The van der Waals surface area contributed by atoms with Crippen molar-refractivity contribution >= 4 is 16.9 Å². The first kappa shape index (κ1) is 13.6. The highest BCUT2D eigenvalue weighted by Gasteiger charge is 2.10. The number of hydrogen-bond donors (Lipinski definition) is 2. The topological polar surface area (TPSA) is 54.1 Å². The normalized spacial score (nSPS) is 11.2. The Morgan fingerprint density at radius 2 is 2.11 bits per heavy atom. The minimum Gasteiger partial charge on any atom is -0.460 e. The van der Waals surface area contributed by atoms with E-state index in [-0.39, 0.29) is 18.6 Å². The highest BCUT2D eigenvalue weighted by Crippen LogP contribution is 2.22. The summed E-state index contributed by atoms with van der Waals surface area (Å²) in [5, 5.41) is 4.16. The van der Waals surface area contributed by atoms with Crippen molar-refractivity contribution in [1.29, 1.82) is 0 Å². The van der Waals surface area contributed by atoms with Crippen LogP contribution in [0.2, 0.25) is 0 Å². The van der Waals surface area contributed by atoms with E-state index in [0.29, 0.717) is 6.61 Å². The third kappa shape index (κ3) is 3.35. The maximum absolute atomic E-state index is 11.6. The number of aryl methyl sites for hydroxylation is 1. The van der Waals surface area contributed by atoms with E-state index in [4.69, 9.17) is 4.74 Å². The molecule has 0 saturated heterocycles. The number of hydrogen-bond acceptors (Lipinski definition) is 3. The van der Waals surface area contributed by atoms with Gasteiger partial charge in [0.25, 0.3) is 0 Å². The van der Waals surface area contributed by atoms with Crippen molar-refractivity contribution in [3.8, 4) is 0 Å². The summed E-state index contributed by atoms with van der Waals surface area (Å²) in [6.07, 6.45) is 0. The lowest BCUT2D eigenvalue weighted by molar-refractivity contribution is -0.143. The lowest BCUT2D eigenvalue weighted by Gasteiger charge is -2.08. The SMILES string of the molecule is Cc1[nH]c2ccccc2c1COC(=O)CNC(C)C. The summed E-state index contributed by atoms with van der Waals surface area (Å²) in [5.41, 5.74) is 3.17. The molecule has 2 aromatic rings. The molecule has 0 aliphatic rings. The molecule has 0 unspecified atom stereocenters. The van der Waals surface area contributed by atoms with Crippen molar-refractivity contribution < 1.29 is 9.53 Å². The molecule has 102 valence electrons. The number of esters is 1. The average Bonchev–Trinajstić information content (AvgIpc) is 2.69. The molecular formula is C15H20N2O2. The van der Waals surface area contributed by atoms with E-state index in [1.807, 2.05) is 45.0 Å². The van der Waals surface area contributed by atoms with Crippen LogP contribution in [0.1, 0.15) is 25.1 Å². The van der Waals surface area contributed by atoms with Gasteiger partial charge in [-0.25, -0.2) is 0 Å². The Balaban J connectivity index is 2.01. The monoisotopic (exact) mass is 260 g/mol. The summed E-state index contributed by atoms with van der Waals surface area (Å²) in [6, 6.07) is 8.31. The predicted octanol–water partition coefficient (Wildman–Crippen LogP) is 2.52. The predicted molar refractivity (Wildman–Crippen MR) is 76.0 cm³/mol. The number of carbonyl (C=O) groups excluding carboxylic acids is 1. The van der Waals surface area contributed by atoms with Crippen LogP contribution in [-0.4, -0.2) is 23.5 Å². The van der Waals surface area contributed by atoms with Gasteiger partial charge in [0.15, 0.2) is 0 Å². The summed E-state index contributed by atoms with van der Waals surface area (Å²) >= 11 is 0. The summed E-state index contributed by atoms with van der Waals surface area (Å²) in [4.78, 5) is 14.9. The van der Waals surface area contributed by atoms with Gasteiger partial charge in [-0.3, -0.25) is 4.79 Å². The van der Waals surface area contributed by atoms with Crippen molar-refractivity contribution in [1.82, 2.24) is 10.3 Å². The van der Waals surface area contributed by atoms with Crippen LogP contribution in [-0.2, 0) is 16.1 Å². The van der Waals surface area contributed by atoms with Gasteiger partial charge in [-0.1, -0.05) is 32.0 Å². The van der Waals surface area contributed by atoms with Crippen molar-refractivity contribution in [2.45, 2.75) is 33.4 Å². The smallest absolute Gasteiger partial charge is 0.320 e. The third-order valence-electron chi connectivity index (χ3n) is 3.06. The molecule has 0 amide bonds. The van der Waals surface area contributed by atoms with Crippen molar-refractivity contribution in [2.24, 2.45) is 0 Å². The molecule has 0 saturated carbocycles. The number of aromatic nitrogens is 1. The lowest BCUT2D eigenvalue weighted by atomic mass is 10.1. The summed E-state index contributed by atoms with van der Waals surface area (Å²) in [6.45, 7) is 6.55. The Morgan fingerprint density at radius 1 is 1.37 bits per heavy atom. The Hall–Kier alpha value is -1.81. The van der Waals surface area contributed by atoms with Crippen LogP contribution in [0.3, 0.4) is 0 Å². The van der Waals surface area contributed by atoms with E-state index in [1.54, 1.807) is 0 Å². The van der Waals surface area contributed by atoms with Gasteiger partial charge in [0.2, 0.25) is 0 Å². The molecule has 0 radical (unpaired) electrons. The van der Waals surface area contributed by atoms with Crippen molar-refractivity contribution in [3.05, 3.63) is 35.5 Å². The fourth-order valence-corrected chi connectivity index (χ4v) is 2.01. The Morgan fingerprint density at radius 3 is 2.84 bits per heavy atom. The van der Waals surface area contributed by atoms with Crippen LogP contribution in [0, 0.1) is 6.92 Å². The Kier molecular flexibility index (Phi) is 4.22. The maximum atomic E-state index is 11.6. The number of H-pyrrole nitrogens is 1. The third-order valence-corrected chi connectivity index (χ3v) is 3.06. The first-order valence-corrected chi connectivity index (χ1v) is 6.53. The first-order valence-electron chi connectivity index (χ1n) is 6.53. The number of rotatable bonds is 5. The van der Waals surface area contributed by atoms with Gasteiger partial charge in [-0.15, -0.1) is 0 Å². The quantitative estimate of drug-likeness (QED) is 0.812.